The minimum absolute atomic E-state index is 0.0794. The van der Waals surface area contributed by atoms with E-state index in [4.69, 9.17) is 16.3 Å². The second-order valence-electron chi connectivity index (χ2n) is 4.15. The molecule has 2 heterocycles. The van der Waals surface area contributed by atoms with E-state index in [1.807, 2.05) is 7.05 Å². The van der Waals surface area contributed by atoms with E-state index < -0.39 is 0 Å². The Morgan fingerprint density at radius 1 is 1.65 bits per heavy atom. The number of ketones is 1. The van der Waals surface area contributed by atoms with Gasteiger partial charge in [0.2, 0.25) is 0 Å². The van der Waals surface area contributed by atoms with E-state index >= 15 is 0 Å². The van der Waals surface area contributed by atoms with E-state index in [-0.39, 0.29) is 17.7 Å². The van der Waals surface area contributed by atoms with Crippen molar-refractivity contribution in [3.63, 3.8) is 0 Å². The number of carbonyl (C=O) groups excluding carboxylic acids is 1. The van der Waals surface area contributed by atoms with Crippen LogP contribution < -0.4 is 5.32 Å². The molecule has 5 heteroatoms. The lowest BCUT2D eigenvalue weighted by molar-refractivity contribution is -0.122. The molecule has 1 fully saturated rings. The van der Waals surface area contributed by atoms with Crippen LogP contribution in [0.2, 0.25) is 5.02 Å². The molecule has 0 saturated carbocycles. The van der Waals surface area contributed by atoms with Crippen molar-refractivity contribution in [2.24, 2.45) is 5.92 Å². The zero-order valence-electron chi connectivity index (χ0n) is 9.65. The van der Waals surface area contributed by atoms with Crippen LogP contribution in [0.4, 0.5) is 0 Å². The van der Waals surface area contributed by atoms with Crippen molar-refractivity contribution in [1.29, 1.82) is 0 Å². The Bertz CT molecular complexity index is 411. The van der Waals surface area contributed by atoms with Crippen molar-refractivity contribution in [3.8, 4) is 0 Å². The molecular formula is C12H15ClN2O2. The van der Waals surface area contributed by atoms with Crippen LogP contribution in [-0.4, -0.2) is 37.1 Å². The largest absolute Gasteiger partial charge is 0.379 e. The SMILES string of the molecule is CNC1COCC1C(=O)Cc1ccncc1Cl. The van der Waals surface area contributed by atoms with Gasteiger partial charge in [0.25, 0.3) is 0 Å². The van der Waals surface area contributed by atoms with Gasteiger partial charge in [0.15, 0.2) is 0 Å². The summed E-state index contributed by atoms with van der Waals surface area (Å²) < 4.78 is 5.32. The lowest BCUT2D eigenvalue weighted by atomic mass is 9.94. The summed E-state index contributed by atoms with van der Waals surface area (Å²) in [4.78, 5) is 16.0. The minimum Gasteiger partial charge on any atom is -0.379 e. The molecular weight excluding hydrogens is 240 g/mol. The predicted molar refractivity (Wildman–Crippen MR) is 65.1 cm³/mol. The number of Topliss-reactive ketones (excluding diaryl/α,β-unsaturated/α-hetero) is 1. The molecule has 0 radical (unpaired) electrons. The number of nitrogens with zero attached hydrogens (tertiary/aromatic N) is 1. The van der Waals surface area contributed by atoms with Crippen LogP contribution in [-0.2, 0) is 16.0 Å². The van der Waals surface area contributed by atoms with Gasteiger partial charge in [-0.25, -0.2) is 0 Å². The van der Waals surface area contributed by atoms with Gasteiger partial charge in [0.05, 0.1) is 24.2 Å². The van der Waals surface area contributed by atoms with Gasteiger partial charge in [-0.05, 0) is 18.7 Å². The fourth-order valence-electron chi connectivity index (χ4n) is 2.02. The highest BCUT2D eigenvalue weighted by Gasteiger charge is 2.32. The van der Waals surface area contributed by atoms with Crippen molar-refractivity contribution < 1.29 is 9.53 Å². The molecule has 1 aliphatic rings. The van der Waals surface area contributed by atoms with Crippen molar-refractivity contribution in [1.82, 2.24) is 10.3 Å². The van der Waals surface area contributed by atoms with Crippen LogP contribution >= 0.6 is 11.6 Å². The molecule has 4 nitrogen and oxygen atoms in total. The van der Waals surface area contributed by atoms with E-state index in [1.165, 1.54) is 0 Å². The molecule has 0 aliphatic carbocycles. The third-order valence-corrected chi connectivity index (χ3v) is 3.43. The topological polar surface area (TPSA) is 51.2 Å². The Hall–Kier alpha value is -0.970. The average Bonchev–Trinajstić information content (AvgIpc) is 2.80. The van der Waals surface area contributed by atoms with Crippen LogP contribution in [0.5, 0.6) is 0 Å². The number of halogens is 1. The van der Waals surface area contributed by atoms with Crippen molar-refractivity contribution in [2.45, 2.75) is 12.5 Å². The van der Waals surface area contributed by atoms with Gasteiger partial charge in [0.1, 0.15) is 5.78 Å². The van der Waals surface area contributed by atoms with E-state index in [0.717, 1.165) is 5.56 Å². The van der Waals surface area contributed by atoms with Gasteiger partial charge in [-0.2, -0.15) is 0 Å². The third kappa shape index (κ3) is 2.83. The molecule has 17 heavy (non-hydrogen) atoms. The summed E-state index contributed by atoms with van der Waals surface area (Å²) in [6, 6.07) is 1.90. The van der Waals surface area contributed by atoms with E-state index in [2.05, 4.69) is 10.3 Å². The Morgan fingerprint density at radius 3 is 3.18 bits per heavy atom. The second-order valence-corrected chi connectivity index (χ2v) is 4.56. The monoisotopic (exact) mass is 254 g/mol. The third-order valence-electron chi connectivity index (χ3n) is 3.09. The number of pyridine rings is 1. The zero-order chi connectivity index (χ0) is 12.3. The standard InChI is InChI=1S/C12H15ClN2O2/c1-14-11-7-17-6-9(11)12(16)4-8-2-3-15-5-10(8)13/h2-3,5,9,11,14H,4,6-7H2,1H3. The van der Waals surface area contributed by atoms with Crippen LogP contribution in [0.1, 0.15) is 5.56 Å². The highest BCUT2D eigenvalue weighted by Crippen LogP contribution is 2.20. The van der Waals surface area contributed by atoms with Gasteiger partial charge in [-0.3, -0.25) is 9.78 Å². The maximum absolute atomic E-state index is 12.1. The molecule has 2 atom stereocenters. The Labute approximate surface area is 105 Å². The van der Waals surface area contributed by atoms with Gasteiger partial charge in [0, 0.05) is 24.9 Å². The average molecular weight is 255 g/mol. The summed E-state index contributed by atoms with van der Waals surface area (Å²) in [5, 5.41) is 3.65. The molecule has 1 aromatic rings. The molecule has 0 amide bonds. The van der Waals surface area contributed by atoms with Crippen molar-refractivity contribution in [2.75, 3.05) is 20.3 Å². The zero-order valence-corrected chi connectivity index (χ0v) is 10.4. The molecule has 1 aliphatic heterocycles. The Morgan fingerprint density at radius 2 is 2.47 bits per heavy atom. The molecule has 2 unspecified atom stereocenters. The quantitative estimate of drug-likeness (QED) is 0.874. The first kappa shape index (κ1) is 12.5. The number of rotatable bonds is 4. The summed E-state index contributed by atoms with van der Waals surface area (Å²) in [7, 11) is 1.85. The number of hydrogen-bond acceptors (Lipinski definition) is 4. The summed E-state index contributed by atoms with van der Waals surface area (Å²) in [5.41, 5.74) is 0.827. The molecule has 1 N–H and O–H groups in total. The van der Waals surface area contributed by atoms with E-state index in [1.54, 1.807) is 18.5 Å². The summed E-state index contributed by atoms with van der Waals surface area (Å²) in [6.45, 7) is 1.09. The van der Waals surface area contributed by atoms with Crippen LogP contribution in [0.15, 0.2) is 18.5 Å². The fraction of sp³-hybridized carbons (Fsp3) is 0.500. The maximum atomic E-state index is 12.1. The smallest absolute Gasteiger partial charge is 0.144 e. The molecule has 92 valence electrons. The summed E-state index contributed by atoms with van der Waals surface area (Å²) in [6.07, 6.45) is 3.55. The normalized spacial score (nSPS) is 23.9. The molecule has 1 saturated heterocycles. The number of carbonyl (C=O) groups is 1. The first-order valence-corrected chi connectivity index (χ1v) is 5.96. The Kier molecular flexibility index (Phi) is 4.10. The van der Waals surface area contributed by atoms with Crippen molar-refractivity contribution in [3.05, 3.63) is 29.0 Å². The summed E-state index contributed by atoms with van der Waals surface area (Å²) in [5.74, 6) is 0.0826. The number of nitrogens with one attached hydrogen (secondary N) is 1. The number of ether oxygens (including phenoxy) is 1. The Balaban J connectivity index is 2.04. The van der Waals surface area contributed by atoms with E-state index in [9.17, 15) is 4.79 Å². The van der Waals surface area contributed by atoms with Gasteiger partial charge in [-0.1, -0.05) is 11.6 Å². The van der Waals surface area contributed by atoms with Crippen LogP contribution in [0, 0.1) is 5.92 Å². The van der Waals surface area contributed by atoms with Crippen molar-refractivity contribution >= 4 is 17.4 Å². The van der Waals surface area contributed by atoms with Gasteiger partial charge >= 0.3 is 0 Å². The molecule has 1 aromatic heterocycles. The summed E-state index contributed by atoms with van der Waals surface area (Å²) >= 11 is 5.98. The number of hydrogen-bond donors (Lipinski definition) is 1. The van der Waals surface area contributed by atoms with Gasteiger partial charge in [-0.15, -0.1) is 0 Å². The van der Waals surface area contributed by atoms with Crippen LogP contribution in [0.25, 0.3) is 0 Å². The first-order valence-electron chi connectivity index (χ1n) is 5.58. The second kappa shape index (κ2) is 5.58. The van der Waals surface area contributed by atoms with Crippen LogP contribution in [0.3, 0.4) is 0 Å². The first-order chi connectivity index (χ1) is 8.22. The predicted octanol–water partition coefficient (Wildman–Crippen LogP) is 1.08. The molecule has 0 bridgehead atoms. The minimum atomic E-state index is -0.0794. The molecule has 2 rings (SSSR count). The molecule has 0 aromatic carbocycles. The van der Waals surface area contributed by atoms with E-state index in [0.29, 0.717) is 24.7 Å². The highest BCUT2D eigenvalue weighted by atomic mass is 35.5. The number of aromatic nitrogens is 1. The lowest BCUT2D eigenvalue weighted by Gasteiger charge is -2.15. The van der Waals surface area contributed by atoms with Gasteiger partial charge < -0.3 is 10.1 Å². The fourth-order valence-corrected chi connectivity index (χ4v) is 2.21. The lowest BCUT2D eigenvalue weighted by Crippen LogP contribution is -2.37. The highest BCUT2D eigenvalue weighted by molar-refractivity contribution is 6.31. The maximum Gasteiger partial charge on any atom is 0.144 e. The number of likely N-dealkylation sites (N-methyl/N-ethyl adjacent to an activating group) is 1. The molecule has 0 spiro atoms.